The van der Waals surface area contributed by atoms with Gasteiger partial charge in [-0.2, -0.15) is 0 Å². The summed E-state index contributed by atoms with van der Waals surface area (Å²) in [5.74, 6) is 1.19. The first-order chi connectivity index (χ1) is 6.02. The Morgan fingerprint density at radius 3 is 2.46 bits per heavy atom. The second-order valence-electron chi connectivity index (χ2n) is 4.44. The van der Waals surface area contributed by atoms with E-state index in [1.807, 2.05) is 0 Å². The first-order valence-electron chi connectivity index (χ1n) is 5.05. The van der Waals surface area contributed by atoms with Gasteiger partial charge in [0.15, 0.2) is 0 Å². The summed E-state index contributed by atoms with van der Waals surface area (Å²) < 4.78 is 6.09. The third-order valence-corrected chi connectivity index (χ3v) is 6.32. The molecule has 0 bridgehead atoms. The van der Waals surface area contributed by atoms with E-state index in [1.165, 1.54) is 5.76 Å². The predicted molar refractivity (Wildman–Crippen MR) is 60.1 cm³/mol. The molecule has 0 atom stereocenters. The van der Waals surface area contributed by atoms with E-state index < -0.39 is 8.32 Å². The average molecular weight is 196 g/mol. The van der Waals surface area contributed by atoms with Crippen molar-refractivity contribution in [2.45, 2.75) is 45.3 Å². The van der Waals surface area contributed by atoms with Crippen molar-refractivity contribution in [3.8, 4) is 0 Å². The maximum atomic E-state index is 6.09. The second kappa shape index (κ2) is 4.14. The van der Waals surface area contributed by atoms with Gasteiger partial charge in [-0.1, -0.05) is 26.0 Å². The summed E-state index contributed by atoms with van der Waals surface area (Å²) in [6.07, 6.45) is 8.62. The Hall–Kier alpha value is -0.503. The van der Waals surface area contributed by atoms with Gasteiger partial charge in [0.05, 0.1) is 5.76 Å². The summed E-state index contributed by atoms with van der Waals surface area (Å²) in [5.41, 5.74) is 0.680. The van der Waals surface area contributed by atoms with Gasteiger partial charge in [0.25, 0.3) is 0 Å². The van der Waals surface area contributed by atoms with Gasteiger partial charge < -0.3 is 4.43 Å². The topological polar surface area (TPSA) is 9.23 Å². The molecule has 0 aromatic heterocycles. The van der Waals surface area contributed by atoms with Crippen LogP contribution in [0, 0.1) is 0 Å². The Kier molecular flexibility index (Phi) is 3.37. The molecule has 0 aromatic rings. The van der Waals surface area contributed by atoms with Crippen LogP contribution >= 0.6 is 0 Å². The quantitative estimate of drug-likeness (QED) is 0.492. The number of rotatable bonds is 3. The number of allylic oxidation sites excluding steroid dienone is 3. The zero-order valence-electron chi connectivity index (χ0n) is 9.13. The van der Waals surface area contributed by atoms with Gasteiger partial charge >= 0.3 is 0 Å². The average Bonchev–Trinajstić information content (AvgIpc) is 2.05. The van der Waals surface area contributed by atoms with Gasteiger partial charge in [-0.15, -0.1) is 0 Å². The highest BCUT2D eigenvalue weighted by Crippen LogP contribution is 2.26. The van der Waals surface area contributed by atoms with Gasteiger partial charge in [-0.3, -0.25) is 0 Å². The fraction of sp³-hybridized carbons (Fsp3) is 0.636. The third kappa shape index (κ3) is 3.03. The van der Waals surface area contributed by atoms with E-state index >= 15 is 0 Å². The Morgan fingerprint density at radius 1 is 1.31 bits per heavy atom. The number of hydrogen-bond donors (Lipinski definition) is 0. The molecule has 0 heterocycles. The largest absolute Gasteiger partial charge is 0.547 e. The molecule has 0 spiro atoms. The molecule has 0 amide bonds. The van der Waals surface area contributed by atoms with Crippen molar-refractivity contribution in [2.75, 3.05) is 0 Å². The molecule has 1 nitrogen and oxygen atoms in total. The second-order valence-corrected chi connectivity index (χ2v) is 9.01. The molecule has 0 fully saturated rings. The maximum absolute atomic E-state index is 6.09. The molecule has 1 aliphatic carbocycles. The van der Waals surface area contributed by atoms with Crippen LogP contribution in [0.15, 0.2) is 24.0 Å². The minimum atomic E-state index is -1.47. The van der Waals surface area contributed by atoms with Crippen LogP contribution < -0.4 is 0 Å². The van der Waals surface area contributed by atoms with Gasteiger partial charge in [-0.05, 0) is 31.1 Å². The van der Waals surface area contributed by atoms with Crippen LogP contribution in [0.25, 0.3) is 0 Å². The van der Waals surface area contributed by atoms with Crippen molar-refractivity contribution in [3.05, 3.63) is 24.0 Å². The first kappa shape index (κ1) is 10.6. The lowest BCUT2D eigenvalue weighted by molar-refractivity contribution is 0.393. The van der Waals surface area contributed by atoms with Crippen molar-refractivity contribution in [2.24, 2.45) is 0 Å². The molecule has 1 aliphatic rings. The minimum Gasteiger partial charge on any atom is -0.547 e. The van der Waals surface area contributed by atoms with Crippen molar-refractivity contribution >= 4 is 8.32 Å². The van der Waals surface area contributed by atoms with Crippen LogP contribution in [0.4, 0.5) is 0 Å². The molecule has 13 heavy (non-hydrogen) atoms. The fourth-order valence-corrected chi connectivity index (χ4v) is 2.20. The third-order valence-electron chi connectivity index (χ3n) is 2.75. The van der Waals surface area contributed by atoms with E-state index in [0.717, 1.165) is 12.8 Å². The Morgan fingerprint density at radius 2 is 2.00 bits per heavy atom. The highest BCUT2D eigenvalue weighted by Gasteiger charge is 2.29. The summed E-state index contributed by atoms with van der Waals surface area (Å²) in [5, 5.41) is 0. The Labute approximate surface area is 82.6 Å². The van der Waals surface area contributed by atoms with Crippen LogP contribution in [0.1, 0.15) is 26.7 Å². The monoisotopic (exact) mass is 196 g/mol. The van der Waals surface area contributed by atoms with Crippen LogP contribution in [0.3, 0.4) is 0 Å². The molecule has 0 N–H and O–H groups in total. The first-order valence-corrected chi connectivity index (χ1v) is 8.04. The van der Waals surface area contributed by atoms with Crippen LogP contribution in [0.2, 0.25) is 18.6 Å². The normalized spacial score (nSPS) is 17.5. The predicted octanol–water partition coefficient (Wildman–Crippen LogP) is 3.85. The van der Waals surface area contributed by atoms with Crippen LogP contribution in [-0.2, 0) is 4.43 Å². The molecule has 2 heteroatoms. The van der Waals surface area contributed by atoms with E-state index in [-0.39, 0.29) is 0 Å². The van der Waals surface area contributed by atoms with Crippen molar-refractivity contribution in [3.63, 3.8) is 0 Å². The molecular weight excluding hydrogens is 176 g/mol. The molecule has 0 aliphatic heterocycles. The van der Waals surface area contributed by atoms with Crippen molar-refractivity contribution in [1.82, 2.24) is 0 Å². The lowest BCUT2D eigenvalue weighted by atomic mass is 10.2. The Bertz CT molecular complexity index is 226. The molecule has 1 rings (SSSR count). The lowest BCUT2D eigenvalue weighted by Gasteiger charge is -2.29. The SMILES string of the molecule is CC(C)[Si](C)(C)OC1=CCC=CC1. The summed E-state index contributed by atoms with van der Waals surface area (Å²) in [6, 6.07) is 0. The van der Waals surface area contributed by atoms with Gasteiger partial charge in [-0.25, -0.2) is 0 Å². The lowest BCUT2D eigenvalue weighted by Crippen LogP contribution is -2.33. The summed E-state index contributed by atoms with van der Waals surface area (Å²) in [6.45, 7) is 9.09. The van der Waals surface area contributed by atoms with Gasteiger partial charge in [0.1, 0.15) is 0 Å². The standard InChI is InChI=1S/C11H20OSi/c1-10(2)13(3,4)12-11-8-6-5-7-9-11/h5-6,9-10H,7-8H2,1-4H3. The summed E-state index contributed by atoms with van der Waals surface area (Å²) >= 11 is 0. The van der Waals surface area contributed by atoms with E-state index in [9.17, 15) is 0 Å². The summed E-state index contributed by atoms with van der Waals surface area (Å²) in [4.78, 5) is 0. The van der Waals surface area contributed by atoms with Crippen LogP contribution in [0.5, 0.6) is 0 Å². The molecule has 0 aromatic carbocycles. The zero-order chi connectivity index (χ0) is 9.90. The van der Waals surface area contributed by atoms with E-state index in [1.54, 1.807) is 0 Å². The smallest absolute Gasteiger partial charge is 0.247 e. The van der Waals surface area contributed by atoms with E-state index in [0.29, 0.717) is 5.54 Å². The Balaban J connectivity index is 2.52. The summed E-state index contributed by atoms with van der Waals surface area (Å²) in [7, 11) is -1.47. The van der Waals surface area contributed by atoms with Crippen LogP contribution in [-0.4, -0.2) is 8.32 Å². The zero-order valence-corrected chi connectivity index (χ0v) is 10.1. The van der Waals surface area contributed by atoms with Gasteiger partial charge in [0.2, 0.25) is 8.32 Å². The molecular formula is C11H20OSi. The van der Waals surface area contributed by atoms with Crippen molar-refractivity contribution < 1.29 is 4.43 Å². The molecule has 0 saturated carbocycles. The minimum absolute atomic E-state index is 0.680. The van der Waals surface area contributed by atoms with E-state index in [2.05, 4.69) is 45.2 Å². The van der Waals surface area contributed by atoms with E-state index in [4.69, 9.17) is 4.43 Å². The van der Waals surface area contributed by atoms with Gasteiger partial charge in [0, 0.05) is 6.42 Å². The molecule has 0 radical (unpaired) electrons. The molecule has 74 valence electrons. The van der Waals surface area contributed by atoms with Crippen molar-refractivity contribution in [1.29, 1.82) is 0 Å². The highest BCUT2D eigenvalue weighted by atomic mass is 28.4. The fourth-order valence-electron chi connectivity index (χ4n) is 1.12. The maximum Gasteiger partial charge on any atom is 0.247 e. The highest BCUT2D eigenvalue weighted by molar-refractivity contribution is 6.72. The molecule has 0 saturated heterocycles. The molecule has 0 unspecified atom stereocenters. The number of hydrogen-bond acceptors (Lipinski definition) is 1.